The van der Waals surface area contributed by atoms with E-state index in [1.807, 2.05) is 0 Å². The van der Waals surface area contributed by atoms with Crippen molar-refractivity contribution in [2.75, 3.05) is 20.2 Å². The first kappa shape index (κ1) is 33.8. The number of hydrazone groups is 1. The molecule has 1 fully saturated rings. The number of nitrogens with two attached hydrogens (primary N) is 2. The quantitative estimate of drug-likeness (QED) is 0.0846. The van der Waals surface area contributed by atoms with Crippen molar-refractivity contribution in [3.8, 4) is 0 Å². The van der Waals surface area contributed by atoms with Crippen molar-refractivity contribution in [2.45, 2.75) is 58.0 Å². The molecule has 3 atom stereocenters. The lowest BCUT2D eigenvalue weighted by Gasteiger charge is -2.43. The summed E-state index contributed by atoms with van der Waals surface area (Å²) in [5, 5.41) is 7.45. The molecule has 5 N–H and O–H groups in total. The zero-order valence-electron chi connectivity index (χ0n) is 25.5. The van der Waals surface area contributed by atoms with Gasteiger partial charge in [0.25, 0.3) is 5.54 Å². The Morgan fingerprint density at radius 1 is 0.932 bits per heavy atom. The molecule has 3 rings (SSSR count). The van der Waals surface area contributed by atoms with Crippen molar-refractivity contribution < 1.29 is 38.1 Å². The first-order chi connectivity index (χ1) is 20.9. The van der Waals surface area contributed by atoms with Gasteiger partial charge in [-0.3, -0.25) is 4.79 Å². The van der Waals surface area contributed by atoms with E-state index in [0.29, 0.717) is 35.5 Å². The predicted molar refractivity (Wildman–Crippen MR) is 160 cm³/mol. The van der Waals surface area contributed by atoms with Crippen LogP contribution in [0.5, 0.6) is 0 Å². The zero-order chi connectivity index (χ0) is 32.3. The summed E-state index contributed by atoms with van der Waals surface area (Å²) in [4.78, 5) is 56.6. The van der Waals surface area contributed by atoms with Crippen LogP contribution in [0.2, 0.25) is 0 Å². The number of nitrogens with zero attached hydrogens (tertiary/aromatic N) is 2. The molecule has 1 amide bonds. The summed E-state index contributed by atoms with van der Waals surface area (Å²) in [5.41, 5.74) is 8.68. The van der Waals surface area contributed by atoms with Crippen molar-refractivity contribution in [3.05, 3.63) is 71.8 Å². The molecule has 0 saturated carbocycles. The lowest BCUT2D eigenvalue weighted by Crippen LogP contribution is -2.70. The second-order valence-corrected chi connectivity index (χ2v) is 11.3. The number of piperidine rings is 1. The predicted octanol–water partition coefficient (Wildman–Crippen LogP) is 2.43. The molecule has 0 aliphatic carbocycles. The number of benzene rings is 2. The Hall–Kier alpha value is -4.65. The summed E-state index contributed by atoms with van der Waals surface area (Å²) in [6.07, 6.45) is -0.317. The van der Waals surface area contributed by atoms with Gasteiger partial charge in [-0.15, -0.1) is 5.10 Å². The second kappa shape index (κ2) is 15.2. The largest absolute Gasteiger partial charge is 0.467 e. The van der Waals surface area contributed by atoms with Gasteiger partial charge in [0.1, 0.15) is 24.7 Å². The Labute approximate surface area is 256 Å². The maximum absolute atomic E-state index is 14.4. The minimum Gasteiger partial charge on any atom is -0.467 e. The highest BCUT2D eigenvalue weighted by Crippen LogP contribution is 2.39. The van der Waals surface area contributed by atoms with Gasteiger partial charge in [-0.25, -0.2) is 14.4 Å². The molecule has 2 aromatic rings. The Morgan fingerprint density at radius 2 is 1.50 bits per heavy atom. The van der Waals surface area contributed by atoms with E-state index in [9.17, 15) is 19.2 Å². The summed E-state index contributed by atoms with van der Waals surface area (Å²) >= 11 is 0. The fraction of sp³-hybridized carbons (Fsp3) is 0.452. The number of amides is 1. The minimum absolute atomic E-state index is 0.179. The third kappa shape index (κ3) is 8.47. The fourth-order valence-electron chi connectivity index (χ4n) is 5.00. The molecule has 0 bridgehead atoms. The number of nitrogens with one attached hydrogen (secondary N) is 1. The monoisotopic (exact) mass is 611 g/mol. The Balaban J connectivity index is 2.26. The molecular weight excluding hydrogens is 570 g/mol. The first-order valence-electron chi connectivity index (χ1n) is 14.2. The third-order valence-electron chi connectivity index (χ3n) is 6.87. The summed E-state index contributed by atoms with van der Waals surface area (Å²) in [6, 6.07) is 17.5. The number of rotatable bonds is 11. The minimum atomic E-state index is -2.90. The van der Waals surface area contributed by atoms with Crippen LogP contribution in [0.4, 0.5) is 4.79 Å². The molecule has 1 saturated heterocycles. The van der Waals surface area contributed by atoms with E-state index >= 15 is 0 Å². The molecule has 2 aromatic carbocycles. The van der Waals surface area contributed by atoms with E-state index < -0.39 is 52.9 Å². The van der Waals surface area contributed by atoms with Crippen LogP contribution in [0.15, 0.2) is 65.8 Å². The number of carbonyl (C=O) groups excluding carboxylic acids is 4. The number of hydrogen-bond acceptors (Lipinski definition) is 10. The number of guanidine groups is 1. The topological polar surface area (TPSA) is 185 Å². The van der Waals surface area contributed by atoms with Crippen LogP contribution < -0.4 is 16.8 Å². The van der Waals surface area contributed by atoms with Gasteiger partial charge in [0, 0.05) is 0 Å². The van der Waals surface area contributed by atoms with Gasteiger partial charge in [0.2, 0.25) is 5.96 Å². The van der Waals surface area contributed by atoms with Crippen molar-refractivity contribution in [1.29, 1.82) is 0 Å². The van der Waals surface area contributed by atoms with Crippen molar-refractivity contribution in [2.24, 2.45) is 28.4 Å². The van der Waals surface area contributed by atoms with Gasteiger partial charge >= 0.3 is 24.0 Å². The van der Waals surface area contributed by atoms with Crippen molar-refractivity contribution in [1.82, 2.24) is 10.3 Å². The van der Waals surface area contributed by atoms with E-state index in [1.165, 1.54) is 0 Å². The molecule has 0 spiro atoms. The van der Waals surface area contributed by atoms with Gasteiger partial charge in [-0.2, -0.15) is 5.01 Å². The van der Waals surface area contributed by atoms with E-state index in [4.69, 9.17) is 30.4 Å². The molecule has 238 valence electrons. The average Bonchev–Trinajstić information content (AvgIpc) is 3.00. The maximum Gasteiger partial charge on any atom is 0.432 e. The van der Waals surface area contributed by atoms with Crippen LogP contribution in [0.1, 0.15) is 44.7 Å². The fourth-order valence-corrected chi connectivity index (χ4v) is 5.00. The van der Waals surface area contributed by atoms with Gasteiger partial charge in [0.15, 0.2) is 0 Å². The molecule has 1 aliphatic rings. The lowest BCUT2D eigenvalue weighted by atomic mass is 9.72. The van der Waals surface area contributed by atoms with Crippen LogP contribution in [0.3, 0.4) is 0 Å². The number of esters is 3. The molecule has 0 radical (unpaired) electrons. The van der Waals surface area contributed by atoms with Crippen LogP contribution in [0, 0.1) is 11.8 Å². The van der Waals surface area contributed by atoms with Crippen LogP contribution >= 0.6 is 0 Å². The van der Waals surface area contributed by atoms with Crippen LogP contribution in [-0.2, 0) is 46.5 Å². The molecular formula is C31H41N5O8. The first-order valence-corrected chi connectivity index (χ1v) is 14.2. The number of carbonyl (C=O) groups is 4. The summed E-state index contributed by atoms with van der Waals surface area (Å²) in [5.74, 6) is -6.71. The summed E-state index contributed by atoms with van der Waals surface area (Å²) in [7, 11) is 1.01. The third-order valence-corrected chi connectivity index (χ3v) is 6.87. The molecule has 13 heteroatoms. The summed E-state index contributed by atoms with van der Waals surface area (Å²) < 4.78 is 22.1. The molecule has 1 aliphatic heterocycles. The highest BCUT2D eigenvalue weighted by atomic mass is 16.6. The van der Waals surface area contributed by atoms with Crippen LogP contribution in [0.25, 0.3) is 0 Å². The summed E-state index contributed by atoms with van der Waals surface area (Å²) in [6.45, 7) is 5.06. The highest BCUT2D eigenvalue weighted by Gasteiger charge is 2.67. The zero-order valence-corrected chi connectivity index (χ0v) is 25.5. The number of hydrogen-bond donors (Lipinski definition) is 3. The maximum atomic E-state index is 14.4. The van der Waals surface area contributed by atoms with Gasteiger partial charge in [0.05, 0.1) is 7.11 Å². The van der Waals surface area contributed by atoms with E-state index in [-0.39, 0.29) is 19.8 Å². The van der Waals surface area contributed by atoms with Gasteiger partial charge in [-0.05, 0) is 63.7 Å². The second-order valence-electron chi connectivity index (χ2n) is 11.3. The lowest BCUT2D eigenvalue weighted by molar-refractivity contribution is -0.189. The normalized spacial score (nSPS) is 16.8. The Bertz CT molecular complexity index is 1310. The Kier molecular flexibility index (Phi) is 11.7. The van der Waals surface area contributed by atoms with Gasteiger partial charge < -0.3 is 35.7 Å². The molecule has 44 heavy (non-hydrogen) atoms. The standard InChI is InChI=1S/C31H41N5O8/c1-30(2,3)44-29(40)36(35-28(32)33)31(26(38)41-4,27(39)43-20-22-14-9-6-10-15-22)24(23-16-11-17-34-18-23)25(37)42-19-21-12-7-5-8-13-21/h5-10,12-15,23-24,34H,11,16-20H2,1-4H3,(H4,32,33,35)/t23?,24-,31-/m1/s1. The van der Waals surface area contributed by atoms with Crippen molar-refractivity contribution >= 4 is 30.0 Å². The molecule has 1 unspecified atom stereocenters. The van der Waals surface area contributed by atoms with E-state index in [1.54, 1.807) is 81.4 Å². The smallest absolute Gasteiger partial charge is 0.432 e. The average molecular weight is 612 g/mol. The SMILES string of the molecule is COC(=O)[C@@](C(=O)OCc1ccccc1)([C@@H](C(=O)OCc1ccccc1)C1CCCNC1)N(N=C(N)N)C(=O)OC(C)(C)C. The molecule has 1 heterocycles. The highest BCUT2D eigenvalue weighted by molar-refractivity contribution is 6.11. The Morgan fingerprint density at radius 3 is 1.98 bits per heavy atom. The molecule has 0 aromatic heterocycles. The van der Waals surface area contributed by atoms with Crippen LogP contribution in [-0.4, -0.2) is 66.3 Å². The van der Waals surface area contributed by atoms with Crippen molar-refractivity contribution in [3.63, 3.8) is 0 Å². The van der Waals surface area contributed by atoms with Gasteiger partial charge in [-0.1, -0.05) is 60.7 Å². The van der Waals surface area contributed by atoms with E-state index in [2.05, 4.69) is 10.4 Å². The molecule has 13 nitrogen and oxygen atoms in total. The number of ether oxygens (including phenoxy) is 4. The number of methoxy groups -OCH3 is 1. The van der Waals surface area contributed by atoms with E-state index in [0.717, 1.165) is 7.11 Å².